The predicted octanol–water partition coefficient (Wildman–Crippen LogP) is 1.94. The average Bonchev–Trinajstić information content (AvgIpc) is 2.28. The number of nitrogens with one attached hydrogen (secondary N) is 2. The summed E-state index contributed by atoms with van der Waals surface area (Å²) in [6.07, 6.45) is 3.37. The number of carbonyl (C=O) groups is 1. The van der Waals surface area contributed by atoms with Gasteiger partial charge in [0, 0.05) is 18.8 Å². The maximum Gasteiger partial charge on any atom is 0.263 e. The molecule has 0 rings (SSSR count). The van der Waals surface area contributed by atoms with Gasteiger partial charge in [0.1, 0.15) is 11.6 Å². The Balaban J connectivity index is 4.18. The minimum absolute atomic E-state index is 0.0925. The van der Waals surface area contributed by atoms with Crippen molar-refractivity contribution in [3.05, 3.63) is 11.8 Å². The highest BCUT2D eigenvalue weighted by molar-refractivity contribution is 5.97. The molecule has 2 N–H and O–H groups in total. The summed E-state index contributed by atoms with van der Waals surface area (Å²) in [5.74, 6) is 0.300. The lowest BCUT2D eigenvalue weighted by Gasteiger charge is -2.10. The third-order valence-corrected chi connectivity index (χ3v) is 2.47. The molecule has 1 unspecified atom stereocenters. The van der Waals surface area contributed by atoms with Crippen LogP contribution < -0.4 is 10.6 Å². The first-order chi connectivity index (χ1) is 8.01. The monoisotopic (exact) mass is 237 g/mol. The summed E-state index contributed by atoms with van der Waals surface area (Å²) in [6.45, 7) is 8.94. The van der Waals surface area contributed by atoms with Gasteiger partial charge >= 0.3 is 0 Å². The predicted molar refractivity (Wildman–Crippen MR) is 69.0 cm³/mol. The molecule has 0 saturated carbocycles. The maximum atomic E-state index is 11.6. The summed E-state index contributed by atoms with van der Waals surface area (Å²) >= 11 is 0. The summed E-state index contributed by atoms with van der Waals surface area (Å²) in [5, 5.41) is 14.6. The fraction of sp³-hybridized carbons (Fsp3) is 0.692. The van der Waals surface area contributed by atoms with Gasteiger partial charge in [-0.05, 0) is 25.7 Å². The highest BCUT2D eigenvalue weighted by Crippen LogP contribution is 1.98. The molecule has 0 radical (unpaired) electrons. The van der Waals surface area contributed by atoms with Crippen molar-refractivity contribution in [2.45, 2.75) is 46.6 Å². The molecule has 1 amide bonds. The number of amides is 1. The van der Waals surface area contributed by atoms with Gasteiger partial charge in [0.05, 0.1) is 0 Å². The summed E-state index contributed by atoms with van der Waals surface area (Å²) in [4.78, 5) is 11.6. The second-order valence-corrected chi connectivity index (χ2v) is 4.59. The van der Waals surface area contributed by atoms with Crippen molar-refractivity contribution in [2.24, 2.45) is 5.92 Å². The van der Waals surface area contributed by atoms with E-state index in [0.29, 0.717) is 5.92 Å². The quantitative estimate of drug-likeness (QED) is 0.404. The summed E-state index contributed by atoms with van der Waals surface area (Å²) < 4.78 is 0. The van der Waals surface area contributed by atoms with Crippen molar-refractivity contribution < 1.29 is 4.79 Å². The van der Waals surface area contributed by atoms with Crippen LogP contribution in [-0.4, -0.2) is 18.5 Å². The van der Waals surface area contributed by atoms with Gasteiger partial charge in [0.15, 0.2) is 0 Å². The fourth-order valence-corrected chi connectivity index (χ4v) is 1.10. The SMILES string of the molecule is CCC(C)NC(=O)/C(C#N)=C\NCCC(C)C. The van der Waals surface area contributed by atoms with Crippen LogP contribution in [0.3, 0.4) is 0 Å². The van der Waals surface area contributed by atoms with Crippen molar-refractivity contribution in [3.8, 4) is 6.07 Å². The Kier molecular flexibility index (Phi) is 7.87. The second kappa shape index (κ2) is 8.63. The molecule has 0 heterocycles. The van der Waals surface area contributed by atoms with Gasteiger partial charge in [-0.2, -0.15) is 5.26 Å². The van der Waals surface area contributed by atoms with Crippen LogP contribution in [0, 0.1) is 17.2 Å². The average molecular weight is 237 g/mol. The Morgan fingerprint density at radius 1 is 1.41 bits per heavy atom. The highest BCUT2D eigenvalue weighted by Gasteiger charge is 2.10. The maximum absolute atomic E-state index is 11.6. The Labute approximate surface area is 104 Å². The van der Waals surface area contributed by atoms with E-state index in [0.717, 1.165) is 19.4 Å². The molecular formula is C13H23N3O. The molecule has 4 heteroatoms. The summed E-state index contributed by atoms with van der Waals surface area (Å²) in [5.41, 5.74) is 0.133. The third-order valence-electron chi connectivity index (χ3n) is 2.47. The minimum Gasteiger partial charge on any atom is -0.390 e. The molecule has 1 atom stereocenters. The number of hydrogen-bond acceptors (Lipinski definition) is 3. The third kappa shape index (κ3) is 7.40. The van der Waals surface area contributed by atoms with Gasteiger partial charge in [0.25, 0.3) is 5.91 Å². The van der Waals surface area contributed by atoms with Crippen molar-refractivity contribution >= 4 is 5.91 Å². The van der Waals surface area contributed by atoms with E-state index in [1.54, 1.807) is 0 Å². The lowest BCUT2D eigenvalue weighted by atomic mass is 10.1. The van der Waals surface area contributed by atoms with Crippen LogP contribution in [0.15, 0.2) is 11.8 Å². The molecule has 96 valence electrons. The van der Waals surface area contributed by atoms with Crippen molar-refractivity contribution in [1.82, 2.24) is 10.6 Å². The standard InChI is InChI=1S/C13H23N3O/c1-5-11(4)16-13(17)12(8-14)9-15-7-6-10(2)3/h9-11,15H,5-7H2,1-4H3,(H,16,17)/b12-9-. The van der Waals surface area contributed by atoms with Crippen molar-refractivity contribution in [3.63, 3.8) is 0 Å². The number of hydrogen-bond donors (Lipinski definition) is 2. The first-order valence-electron chi connectivity index (χ1n) is 6.15. The lowest BCUT2D eigenvalue weighted by molar-refractivity contribution is -0.117. The number of nitriles is 1. The number of nitrogens with zero attached hydrogens (tertiary/aromatic N) is 1. The molecule has 0 aliphatic rings. The van der Waals surface area contributed by atoms with E-state index in [1.807, 2.05) is 19.9 Å². The fourth-order valence-electron chi connectivity index (χ4n) is 1.10. The van der Waals surface area contributed by atoms with Gasteiger partial charge in [-0.1, -0.05) is 20.8 Å². The molecule has 0 aliphatic heterocycles. The van der Waals surface area contributed by atoms with E-state index in [1.165, 1.54) is 6.20 Å². The van der Waals surface area contributed by atoms with Gasteiger partial charge in [-0.3, -0.25) is 4.79 Å². The molecule has 17 heavy (non-hydrogen) atoms. The minimum atomic E-state index is -0.307. The van der Waals surface area contributed by atoms with Gasteiger partial charge in [-0.15, -0.1) is 0 Å². The molecule has 0 saturated heterocycles. The Morgan fingerprint density at radius 2 is 2.06 bits per heavy atom. The first kappa shape index (κ1) is 15.5. The zero-order valence-corrected chi connectivity index (χ0v) is 11.2. The number of rotatable bonds is 7. The van der Waals surface area contributed by atoms with Crippen molar-refractivity contribution in [2.75, 3.05) is 6.54 Å². The molecular weight excluding hydrogens is 214 g/mol. The molecule has 0 aromatic carbocycles. The van der Waals surface area contributed by atoms with Gasteiger partial charge in [0.2, 0.25) is 0 Å². The van der Waals surface area contributed by atoms with Crippen LogP contribution in [0.25, 0.3) is 0 Å². The largest absolute Gasteiger partial charge is 0.390 e. The number of carbonyl (C=O) groups excluding carboxylic acids is 1. The van der Waals surface area contributed by atoms with Crippen LogP contribution in [0.5, 0.6) is 0 Å². The summed E-state index contributed by atoms with van der Waals surface area (Å²) in [6, 6.07) is 2.00. The van der Waals surface area contributed by atoms with E-state index in [-0.39, 0.29) is 17.5 Å². The normalized spacial score (nSPS) is 13.1. The second-order valence-electron chi connectivity index (χ2n) is 4.59. The van der Waals surface area contributed by atoms with Gasteiger partial charge < -0.3 is 10.6 Å². The van der Waals surface area contributed by atoms with Crippen LogP contribution in [0.4, 0.5) is 0 Å². The lowest BCUT2D eigenvalue weighted by Crippen LogP contribution is -2.33. The van der Waals surface area contributed by atoms with E-state index in [2.05, 4.69) is 24.5 Å². The van der Waals surface area contributed by atoms with Crippen molar-refractivity contribution in [1.29, 1.82) is 5.26 Å². The first-order valence-corrected chi connectivity index (χ1v) is 6.15. The van der Waals surface area contributed by atoms with E-state index >= 15 is 0 Å². The van der Waals surface area contributed by atoms with Crippen LogP contribution in [0.2, 0.25) is 0 Å². The molecule has 0 aromatic rings. The molecule has 0 aliphatic carbocycles. The molecule has 0 fully saturated rings. The Morgan fingerprint density at radius 3 is 2.53 bits per heavy atom. The van der Waals surface area contributed by atoms with E-state index in [9.17, 15) is 4.79 Å². The van der Waals surface area contributed by atoms with E-state index in [4.69, 9.17) is 5.26 Å². The molecule has 0 bridgehead atoms. The summed E-state index contributed by atoms with van der Waals surface area (Å²) in [7, 11) is 0. The molecule has 0 aromatic heterocycles. The topological polar surface area (TPSA) is 64.9 Å². The molecule has 0 spiro atoms. The van der Waals surface area contributed by atoms with E-state index < -0.39 is 0 Å². The molecule has 4 nitrogen and oxygen atoms in total. The van der Waals surface area contributed by atoms with Gasteiger partial charge in [-0.25, -0.2) is 0 Å². The Hall–Kier alpha value is -1.50. The zero-order valence-electron chi connectivity index (χ0n) is 11.2. The van der Waals surface area contributed by atoms with Crippen LogP contribution in [-0.2, 0) is 4.79 Å². The smallest absolute Gasteiger partial charge is 0.263 e. The highest BCUT2D eigenvalue weighted by atomic mass is 16.1. The zero-order chi connectivity index (χ0) is 13.3. The van der Waals surface area contributed by atoms with Crippen LogP contribution in [0.1, 0.15) is 40.5 Å². The Bertz CT molecular complexity index is 302. The van der Waals surface area contributed by atoms with Crippen LogP contribution >= 0.6 is 0 Å².